The molecular weight excluding hydrogens is 252 g/mol. The first-order chi connectivity index (χ1) is 8.56. The minimum Gasteiger partial charge on any atom is -0.457 e. The number of ether oxygens (including phenoxy) is 1. The van der Waals surface area contributed by atoms with Crippen LogP contribution < -0.4 is 14.8 Å². The Morgan fingerprint density at radius 1 is 1.67 bits per heavy atom. The molecule has 0 aromatic carbocycles. The molecule has 94 valence electrons. The number of hydrogen-bond donors (Lipinski definition) is 0. The van der Waals surface area contributed by atoms with Crippen molar-refractivity contribution in [1.29, 1.82) is 5.26 Å². The molecule has 0 amide bonds. The number of rotatable bonds is 4. The van der Waals surface area contributed by atoms with Gasteiger partial charge >= 0.3 is 5.97 Å². The maximum atomic E-state index is 11.7. The number of nitriles is 1. The summed E-state index contributed by atoms with van der Waals surface area (Å²) < 4.78 is 6.71. The van der Waals surface area contributed by atoms with Gasteiger partial charge in [0.15, 0.2) is 5.57 Å². The highest BCUT2D eigenvalue weighted by Gasteiger charge is 2.15. The standard InChI is InChI=1S/C12H12N2O3S/c1-4-6-17-12(16)9(7-13)11-14(5-2)10(15)8(3)18-11/h4H,1,3,5-6H2,2H3/b11-9-. The minimum atomic E-state index is -0.763. The first-order valence-corrected chi connectivity index (χ1v) is 5.99. The van der Waals surface area contributed by atoms with Crippen LogP contribution in [0.25, 0.3) is 12.2 Å². The second-order valence-corrected chi connectivity index (χ2v) is 4.34. The van der Waals surface area contributed by atoms with Crippen molar-refractivity contribution in [2.24, 2.45) is 0 Å². The molecule has 1 heterocycles. The molecule has 1 rings (SSSR count). The molecule has 1 aromatic heterocycles. The van der Waals surface area contributed by atoms with Crippen LogP contribution in [-0.4, -0.2) is 17.1 Å². The van der Waals surface area contributed by atoms with Crippen LogP contribution in [0.15, 0.2) is 17.4 Å². The van der Waals surface area contributed by atoms with Crippen molar-refractivity contribution < 1.29 is 9.53 Å². The second-order valence-electron chi connectivity index (χ2n) is 3.25. The minimum absolute atomic E-state index is 0.0168. The highest BCUT2D eigenvalue weighted by Crippen LogP contribution is 1.96. The molecule has 0 bridgehead atoms. The van der Waals surface area contributed by atoms with Gasteiger partial charge in [0.1, 0.15) is 17.3 Å². The number of nitrogens with zero attached hydrogens (tertiary/aromatic N) is 2. The smallest absolute Gasteiger partial charge is 0.352 e. The molecule has 1 aromatic rings. The van der Waals surface area contributed by atoms with Crippen LogP contribution >= 0.6 is 11.3 Å². The van der Waals surface area contributed by atoms with Gasteiger partial charge in [0, 0.05) is 6.54 Å². The molecular formula is C12H12N2O3S. The molecule has 0 aliphatic heterocycles. The molecule has 18 heavy (non-hydrogen) atoms. The molecule has 0 aliphatic carbocycles. The summed E-state index contributed by atoms with van der Waals surface area (Å²) in [6.45, 7) is 9.12. The third-order valence-corrected chi connectivity index (χ3v) is 3.17. The summed E-state index contributed by atoms with van der Waals surface area (Å²) in [5, 5.41) is 9.03. The fourth-order valence-electron chi connectivity index (χ4n) is 1.32. The third-order valence-electron chi connectivity index (χ3n) is 2.13. The summed E-state index contributed by atoms with van der Waals surface area (Å²) in [5.41, 5.74) is -0.475. The Bertz CT molecular complexity index is 676. The first-order valence-electron chi connectivity index (χ1n) is 5.17. The molecule has 0 saturated carbocycles. The molecule has 0 saturated heterocycles. The normalized spacial score (nSPS) is 11.6. The second kappa shape index (κ2) is 5.98. The predicted molar refractivity (Wildman–Crippen MR) is 69.2 cm³/mol. The molecule has 0 spiro atoms. The van der Waals surface area contributed by atoms with E-state index >= 15 is 0 Å². The van der Waals surface area contributed by atoms with Crippen molar-refractivity contribution in [2.75, 3.05) is 6.61 Å². The van der Waals surface area contributed by atoms with E-state index in [4.69, 9.17) is 10.00 Å². The van der Waals surface area contributed by atoms with Gasteiger partial charge in [-0.15, -0.1) is 11.3 Å². The van der Waals surface area contributed by atoms with Crippen LogP contribution in [-0.2, 0) is 16.1 Å². The van der Waals surface area contributed by atoms with Crippen LogP contribution in [0.3, 0.4) is 0 Å². The number of thiazole rings is 1. The van der Waals surface area contributed by atoms with Gasteiger partial charge in [-0.1, -0.05) is 19.2 Å². The van der Waals surface area contributed by atoms with Crippen molar-refractivity contribution in [1.82, 2.24) is 4.57 Å². The van der Waals surface area contributed by atoms with E-state index in [1.807, 2.05) is 0 Å². The average Bonchev–Trinajstić information content (AvgIpc) is 2.63. The van der Waals surface area contributed by atoms with Crippen molar-refractivity contribution in [3.8, 4) is 6.07 Å². The van der Waals surface area contributed by atoms with Crippen molar-refractivity contribution >= 4 is 29.5 Å². The van der Waals surface area contributed by atoms with Crippen LogP contribution in [0.1, 0.15) is 6.92 Å². The summed E-state index contributed by atoms with van der Waals surface area (Å²) in [4.78, 5) is 23.4. The van der Waals surface area contributed by atoms with Crippen molar-refractivity contribution in [2.45, 2.75) is 13.5 Å². The zero-order valence-electron chi connectivity index (χ0n) is 9.93. The Morgan fingerprint density at radius 3 is 2.83 bits per heavy atom. The quantitative estimate of drug-likeness (QED) is 0.555. The van der Waals surface area contributed by atoms with Crippen molar-refractivity contribution in [3.05, 3.63) is 32.2 Å². The predicted octanol–water partition coefficient (Wildman–Crippen LogP) is -0.257. The van der Waals surface area contributed by atoms with Gasteiger partial charge in [-0.3, -0.25) is 9.36 Å². The highest BCUT2D eigenvalue weighted by molar-refractivity contribution is 7.07. The lowest BCUT2D eigenvalue weighted by atomic mass is 10.3. The molecule has 0 fully saturated rings. The number of aromatic nitrogens is 1. The fraction of sp³-hybridized carbons (Fsp3) is 0.250. The molecule has 0 unspecified atom stereocenters. The van der Waals surface area contributed by atoms with E-state index in [0.29, 0.717) is 6.54 Å². The number of carbonyl (C=O) groups excluding carboxylic acids is 1. The molecule has 0 aliphatic rings. The summed E-state index contributed by atoms with van der Waals surface area (Å²) in [6.07, 6.45) is 1.40. The number of carbonyl (C=O) groups is 1. The average molecular weight is 264 g/mol. The Balaban J connectivity index is 3.50. The fourth-order valence-corrected chi connectivity index (χ4v) is 2.30. The van der Waals surface area contributed by atoms with Gasteiger partial charge in [0.25, 0.3) is 5.56 Å². The van der Waals surface area contributed by atoms with Crippen LogP contribution in [0.2, 0.25) is 0 Å². The van der Waals surface area contributed by atoms with E-state index in [1.54, 1.807) is 13.0 Å². The highest BCUT2D eigenvalue weighted by atomic mass is 32.1. The number of esters is 1. The van der Waals surface area contributed by atoms with Gasteiger partial charge in [0.2, 0.25) is 0 Å². The Labute approximate surface area is 108 Å². The van der Waals surface area contributed by atoms with Gasteiger partial charge in [-0.2, -0.15) is 5.26 Å². The lowest BCUT2D eigenvalue weighted by Gasteiger charge is -2.00. The van der Waals surface area contributed by atoms with E-state index in [-0.39, 0.29) is 26.9 Å². The third kappa shape index (κ3) is 2.57. The van der Waals surface area contributed by atoms with E-state index in [2.05, 4.69) is 13.2 Å². The van der Waals surface area contributed by atoms with E-state index in [0.717, 1.165) is 11.3 Å². The van der Waals surface area contributed by atoms with E-state index in [9.17, 15) is 9.59 Å². The zero-order valence-corrected chi connectivity index (χ0v) is 10.7. The van der Waals surface area contributed by atoms with Crippen molar-refractivity contribution in [3.63, 3.8) is 0 Å². The SMILES string of the molecule is C=CCOC(=O)/C(C#N)=c1\sc(=C)c(=O)n1CC. The van der Waals surface area contributed by atoms with Crippen LogP contribution in [0, 0.1) is 11.3 Å². The lowest BCUT2D eigenvalue weighted by molar-refractivity contribution is -0.135. The topological polar surface area (TPSA) is 72.1 Å². The van der Waals surface area contributed by atoms with Crippen LogP contribution in [0.5, 0.6) is 0 Å². The maximum absolute atomic E-state index is 11.7. The Hall–Kier alpha value is -2.13. The molecule has 0 atom stereocenters. The Morgan fingerprint density at radius 2 is 2.33 bits per heavy atom. The van der Waals surface area contributed by atoms with Gasteiger partial charge in [-0.05, 0) is 6.92 Å². The molecule has 6 heteroatoms. The van der Waals surface area contributed by atoms with E-state index < -0.39 is 5.97 Å². The zero-order chi connectivity index (χ0) is 13.7. The molecule has 0 N–H and O–H groups in total. The van der Waals surface area contributed by atoms with Gasteiger partial charge in [0.05, 0.1) is 4.53 Å². The first kappa shape index (κ1) is 13.9. The largest absolute Gasteiger partial charge is 0.457 e. The van der Waals surface area contributed by atoms with Gasteiger partial charge < -0.3 is 4.74 Å². The van der Waals surface area contributed by atoms with E-state index in [1.165, 1.54) is 10.6 Å². The summed E-state index contributed by atoms with van der Waals surface area (Å²) >= 11 is 1.01. The number of hydrogen-bond acceptors (Lipinski definition) is 5. The van der Waals surface area contributed by atoms with Gasteiger partial charge in [-0.25, -0.2) is 4.79 Å². The van der Waals surface area contributed by atoms with Crippen LogP contribution in [0.4, 0.5) is 0 Å². The monoisotopic (exact) mass is 264 g/mol. The molecule has 5 nitrogen and oxygen atoms in total. The lowest BCUT2D eigenvalue weighted by Crippen LogP contribution is -2.31. The maximum Gasteiger partial charge on any atom is 0.352 e. The molecule has 0 radical (unpaired) electrons. The summed E-state index contributed by atoms with van der Waals surface area (Å²) in [7, 11) is 0. The summed E-state index contributed by atoms with van der Waals surface area (Å²) in [5.74, 6) is -0.763. The Kier molecular flexibility index (Phi) is 4.63. The summed E-state index contributed by atoms with van der Waals surface area (Å²) in [6, 6.07) is 1.77.